The number of methoxy groups -OCH3 is 1. The van der Waals surface area contributed by atoms with Crippen LogP contribution in [0.2, 0.25) is 0 Å². The number of anilines is 1. The number of rotatable bonds is 6. The Bertz CT molecular complexity index is 689. The van der Waals surface area contributed by atoms with Crippen molar-refractivity contribution in [3.63, 3.8) is 0 Å². The minimum Gasteiger partial charge on any atom is -0.497 e. The number of benzene rings is 2. The number of hydrogen-bond donors (Lipinski definition) is 1. The number of aryl methyl sites for hydroxylation is 1. The van der Waals surface area contributed by atoms with Gasteiger partial charge in [0.05, 0.1) is 26.4 Å². The lowest BCUT2D eigenvalue weighted by molar-refractivity contribution is 0.0930. The monoisotopic (exact) mass is 340 g/mol. The van der Waals surface area contributed by atoms with Crippen molar-refractivity contribution in [2.45, 2.75) is 25.9 Å². The zero-order chi connectivity index (χ0) is 17.6. The first-order valence-corrected chi connectivity index (χ1v) is 8.96. The second-order valence-corrected chi connectivity index (χ2v) is 6.67. The molecule has 0 radical (unpaired) electrons. The maximum absolute atomic E-state index is 5.74. The summed E-state index contributed by atoms with van der Waals surface area (Å²) < 4.78 is 11.1. The van der Waals surface area contributed by atoms with E-state index in [0.29, 0.717) is 6.04 Å². The molecule has 4 nitrogen and oxygen atoms in total. The summed E-state index contributed by atoms with van der Waals surface area (Å²) in [4.78, 5) is 2.46. The summed E-state index contributed by atoms with van der Waals surface area (Å²) in [5, 5.41) is 3.66. The molecular weight excluding hydrogens is 312 g/mol. The first kappa shape index (κ1) is 17.8. The van der Waals surface area contributed by atoms with Gasteiger partial charge >= 0.3 is 0 Å². The van der Waals surface area contributed by atoms with Gasteiger partial charge in [0.15, 0.2) is 0 Å². The first-order valence-electron chi connectivity index (χ1n) is 8.96. The lowest BCUT2D eigenvalue weighted by atomic mass is 10.1. The number of ether oxygens (including phenoxy) is 2. The van der Waals surface area contributed by atoms with Crippen LogP contribution in [0.15, 0.2) is 48.5 Å². The molecule has 0 aromatic heterocycles. The Labute approximate surface area is 150 Å². The van der Waals surface area contributed by atoms with E-state index in [4.69, 9.17) is 9.47 Å². The zero-order valence-electron chi connectivity index (χ0n) is 15.4. The molecule has 0 bridgehead atoms. The van der Waals surface area contributed by atoms with Crippen molar-refractivity contribution in [3.05, 3.63) is 59.7 Å². The Morgan fingerprint density at radius 3 is 2.88 bits per heavy atom. The normalized spacial score (nSPS) is 18.8. The molecule has 0 amide bonds. The third-order valence-electron chi connectivity index (χ3n) is 4.81. The summed E-state index contributed by atoms with van der Waals surface area (Å²) in [7, 11) is 1.70. The van der Waals surface area contributed by atoms with E-state index in [9.17, 15) is 0 Å². The molecule has 1 saturated heterocycles. The Balaban J connectivity index is 1.65. The van der Waals surface area contributed by atoms with Crippen molar-refractivity contribution >= 4 is 5.69 Å². The molecule has 1 N–H and O–H groups in total. The van der Waals surface area contributed by atoms with Crippen LogP contribution in [0.5, 0.6) is 5.75 Å². The predicted molar refractivity (Wildman–Crippen MR) is 103 cm³/mol. The second kappa shape index (κ2) is 8.37. The maximum Gasteiger partial charge on any atom is 0.119 e. The summed E-state index contributed by atoms with van der Waals surface area (Å²) in [6.45, 7) is 7.69. The Hall–Kier alpha value is -2.04. The lowest BCUT2D eigenvalue weighted by Crippen LogP contribution is -2.50. The SMILES string of the molecule is COc1cccc(C(C)NCC2COCCN2c2cccc(C)c2)c1. The van der Waals surface area contributed by atoms with Gasteiger partial charge in [-0.2, -0.15) is 0 Å². The molecule has 4 heteroatoms. The molecule has 1 aliphatic rings. The van der Waals surface area contributed by atoms with Gasteiger partial charge in [0, 0.05) is 24.8 Å². The minimum atomic E-state index is 0.261. The summed E-state index contributed by atoms with van der Waals surface area (Å²) >= 11 is 0. The van der Waals surface area contributed by atoms with Crippen molar-refractivity contribution in [2.24, 2.45) is 0 Å². The fourth-order valence-electron chi connectivity index (χ4n) is 3.31. The highest BCUT2D eigenvalue weighted by atomic mass is 16.5. The van der Waals surface area contributed by atoms with Gasteiger partial charge in [0.2, 0.25) is 0 Å². The summed E-state index contributed by atoms with van der Waals surface area (Å²) in [6, 6.07) is 17.6. The van der Waals surface area contributed by atoms with Crippen LogP contribution in [-0.2, 0) is 4.74 Å². The van der Waals surface area contributed by atoms with Gasteiger partial charge in [-0.25, -0.2) is 0 Å². The van der Waals surface area contributed by atoms with Gasteiger partial charge in [0.25, 0.3) is 0 Å². The molecule has 1 fully saturated rings. The van der Waals surface area contributed by atoms with Gasteiger partial charge in [-0.3, -0.25) is 0 Å². The lowest BCUT2D eigenvalue weighted by Gasteiger charge is -2.38. The fourth-order valence-corrected chi connectivity index (χ4v) is 3.31. The molecule has 0 spiro atoms. The van der Waals surface area contributed by atoms with Crippen LogP contribution >= 0.6 is 0 Å². The van der Waals surface area contributed by atoms with Gasteiger partial charge in [-0.1, -0.05) is 24.3 Å². The molecule has 1 aliphatic heterocycles. The van der Waals surface area contributed by atoms with Crippen LogP contribution in [0.25, 0.3) is 0 Å². The number of nitrogens with zero attached hydrogens (tertiary/aromatic N) is 1. The van der Waals surface area contributed by atoms with E-state index in [1.807, 2.05) is 12.1 Å². The van der Waals surface area contributed by atoms with Crippen molar-refractivity contribution in [3.8, 4) is 5.75 Å². The van der Waals surface area contributed by atoms with Crippen molar-refractivity contribution in [1.29, 1.82) is 0 Å². The Morgan fingerprint density at radius 1 is 1.24 bits per heavy atom. The highest BCUT2D eigenvalue weighted by Gasteiger charge is 2.23. The highest BCUT2D eigenvalue weighted by Crippen LogP contribution is 2.22. The van der Waals surface area contributed by atoms with Gasteiger partial charge in [0.1, 0.15) is 5.75 Å². The van der Waals surface area contributed by atoms with Crippen molar-refractivity contribution < 1.29 is 9.47 Å². The highest BCUT2D eigenvalue weighted by molar-refractivity contribution is 5.50. The first-order chi connectivity index (χ1) is 12.2. The predicted octanol–water partition coefficient (Wildman–Crippen LogP) is 3.56. The molecule has 1 heterocycles. The molecule has 2 atom stereocenters. The molecule has 25 heavy (non-hydrogen) atoms. The minimum absolute atomic E-state index is 0.261. The standard InChI is InChI=1S/C21H28N2O2/c1-16-6-4-8-19(12-16)23-10-11-25-15-20(23)14-22-17(2)18-7-5-9-21(13-18)24-3/h4-9,12-13,17,20,22H,10-11,14-15H2,1-3H3. The third-order valence-corrected chi connectivity index (χ3v) is 4.81. The number of morpholine rings is 1. The van der Waals surface area contributed by atoms with E-state index in [-0.39, 0.29) is 6.04 Å². The summed E-state index contributed by atoms with van der Waals surface area (Å²) in [5.41, 5.74) is 3.81. The van der Waals surface area contributed by atoms with Crippen LogP contribution < -0.4 is 15.0 Å². The third kappa shape index (κ3) is 4.53. The van der Waals surface area contributed by atoms with Crippen LogP contribution in [0.1, 0.15) is 24.1 Å². The zero-order valence-corrected chi connectivity index (χ0v) is 15.4. The topological polar surface area (TPSA) is 33.7 Å². The van der Waals surface area contributed by atoms with E-state index in [0.717, 1.165) is 32.1 Å². The molecule has 3 rings (SSSR count). The van der Waals surface area contributed by atoms with Crippen LogP contribution in [0, 0.1) is 6.92 Å². The van der Waals surface area contributed by atoms with Crippen molar-refractivity contribution in [2.75, 3.05) is 38.3 Å². The summed E-state index contributed by atoms with van der Waals surface area (Å²) in [6.07, 6.45) is 0. The van der Waals surface area contributed by atoms with Crippen LogP contribution in [-0.4, -0.2) is 39.5 Å². The van der Waals surface area contributed by atoms with Crippen LogP contribution in [0.3, 0.4) is 0 Å². The fraction of sp³-hybridized carbons (Fsp3) is 0.429. The molecule has 0 saturated carbocycles. The molecular formula is C21H28N2O2. The summed E-state index contributed by atoms with van der Waals surface area (Å²) in [5.74, 6) is 0.897. The molecule has 2 aromatic carbocycles. The maximum atomic E-state index is 5.74. The smallest absolute Gasteiger partial charge is 0.119 e. The van der Waals surface area contributed by atoms with E-state index in [1.54, 1.807) is 7.11 Å². The largest absolute Gasteiger partial charge is 0.497 e. The van der Waals surface area contributed by atoms with Crippen molar-refractivity contribution in [1.82, 2.24) is 5.32 Å². The van der Waals surface area contributed by atoms with E-state index >= 15 is 0 Å². The van der Waals surface area contributed by atoms with Gasteiger partial charge in [-0.05, 0) is 49.2 Å². The van der Waals surface area contributed by atoms with E-state index in [2.05, 4.69) is 60.5 Å². The molecule has 0 aliphatic carbocycles. The Kier molecular flexibility index (Phi) is 5.95. The van der Waals surface area contributed by atoms with Crippen LogP contribution in [0.4, 0.5) is 5.69 Å². The van der Waals surface area contributed by atoms with Gasteiger partial charge in [-0.15, -0.1) is 0 Å². The number of nitrogens with one attached hydrogen (secondary N) is 1. The Morgan fingerprint density at radius 2 is 2.08 bits per heavy atom. The number of hydrogen-bond acceptors (Lipinski definition) is 4. The van der Waals surface area contributed by atoms with E-state index in [1.165, 1.54) is 16.8 Å². The second-order valence-electron chi connectivity index (χ2n) is 6.67. The quantitative estimate of drug-likeness (QED) is 0.872. The molecule has 2 aromatic rings. The van der Waals surface area contributed by atoms with E-state index < -0.39 is 0 Å². The molecule has 2 unspecified atom stereocenters. The average molecular weight is 340 g/mol. The average Bonchev–Trinajstić information content (AvgIpc) is 2.66. The molecule has 134 valence electrons. The van der Waals surface area contributed by atoms with Gasteiger partial charge < -0.3 is 19.7 Å².